The van der Waals surface area contributed by atoms with E-state index in [2.05, 4.69) is 24.7 Å². The number of rotatable bonds is 5. The van der Waals surface area contributed by atoms with Crippen molar-refractivity contribution in [1.82, 2.24) is 14.9 Å². The summed E-state index contributed by atoms with van der Waals surface area (Å²) >= 11 is 0. The third-order valence-electron chi connectivity index (χ3n) is 5.17. The Kier molecular flexibility index (Phi) is 4.99. The van der Waals surface area contributed by atoms with Crippen molar-refractivity contribution in [3.63, 3.8) is 0 Å². The molecule has 7 heteroatoms. The minimum atomic E-state index is -0.180. The van der Waals surface area contributed by atoms with Gasteiger partial charge in [-0.1, -0.05) is 0 Å². The molecule has 6 nitrogen and oxygen atoms in total. The molecule has 2 aromatic rings. The van der Waals surface area contributed by atoms with Gasteiger partial charge in [-0.05, 0) is 30.3 Å². The molecular weight excluding hydrogens is 333 g/mol. The van der Waals surface area contributed by atoms with Gasteiger partial charge >= 0.3 is 0 Å². The molecule has 4 rings (SSSR count). The van der Waals surface area contributed by atoms with Crippen LogP contribution in [0.3, 0.4) is 0 Å². The van der Waals surface area contributed by atoms with Crippen molar-refractivity contribution in [3.05, 3.63) is 48.2 Å². The molecular formula is C19H24FN5O. The Hall–Kier alpha value is -2.25. The molecule has 0 atom stereocenters. The van der Waals surface area contributed by atoms with E-state index in [4.69, 9.17) is 4.74 Å². The molecule has 0 saturated carbocycles. The van der Waals surface area contributed by atoms with Crippen LogP contribution < -0.4 is 9.80 Å². The molecule has 2 fully saturated rings. The molecule has 0 bridgehead atoms. The van der Waals surface area contributed by atoms with Crippen LogP contribution in [0.25, 0.3) is 0 Å². The molecule has 138 valence electrons. The summed E-state index contributed by atoms with van der Waals surface area (Å²) in [6, 6.07) is 9.33. The van der Waals surface area contributed by atoms with E-state index in [1.165, 1.54) is 12.1 Å². The number of halogens is 1. The lowest BCUT2D eigenvalue weighted by Gasteiger charge is -2.49. The molecule has 1 aromatic heterocycles. The SMILES string of the molecule is COCc1nccc(N2CC(N3CCN(c4ccc(F)cc4)CC3)C2)n1. The molecule has 0 amide bonds. The first kappa shape index (κ1) is 17.2. The predicted octanol–water partition coefficient (Wildman–Crippen LogP) is 1.77. The smallest absolute Gasteiger partial charge is 0.156 e. The van der Waals surface area contributed by atoms with E-state index < -0.39 is 0 Å². The second-order valence-corrected chi connectivity index (χ2v) is 6.82. The molecule has 2 aliphatic heterocycles. The normalized spacial score (nSPS) is 18.8. The predicted molar refractivity (Wildman–Crippen MR) is 98.9 cm³/mol. The summed E-state index contributed by atoms with van der Waals surface area (Å²) in [6.45, 7) is 6.47. The highest BCUT2D eigenvalue weighted by molar-refractivity contribution is 5.47. The summed E-state index contributed by atoms with van der Waals surface area (Å²) in [7, 11) is 1.65. The zero-order valence-corrected chi connectivity index (χ0v) is 15.0. The first-order valence-corrected chi connectivity index (χ1v) is 9.03. The fraction of sp³-hybridized carbons (Fsp3) is 0.474. The van der Waals surface area contributed by atoms with Crippen LogP contribution in [0.2, 0.25) is 0 Å². The summed E-state index contributed by atoms with van der Waals surface area (Å²) in [5.41, 5.74) is 1.10. The van der Waals surface area contributed by atoms with Gasteiger partial charge in [-0.25, -0.2) is 14.4 Å². The molecule has 3 heterocycles. The Morgan fingerprint density at radius 3 is 2.46 bits per heavy atom. The number of nitrogens with zero attached hydrogens (tertiary/aromatic N) is 5. The highest BCUT2D eigenvalue weighted by Crippen LogP contribution is 2.24. The number of piperazine rings is 1. The van der Waals surface area contributed by atoms with Crippen LogP contribution in [-0.2, 0) is 11.3 Å². The van der Waals surface area contributed by atoms with E-state index in [1.54, 1.807) is 13.3 Å². The first-order valence-electron chi connectivity index (χ1n) is 9.03. The fourth-order valence-electron chi connectivity index (χ4n) is 3.63. The highest BCUT2D eigenvalue weighted by Gasteiger charge is 2.34. The van der Waals surface area contributed by atoms with Gasteiger partial charge in [-0.2, -0.15) is 0 Å². The molecule has 0 N–H and O–H groups in total. The number of aromatic nitrogens is 2. The Bertz CT molecular complexity index is 727. The Morgan fingerprint density at radius 2 is 1.77 bits per heavy atom. The minimum Gasteiger partial charge on any atom is -0.377 e. The quantitative estimate of drug-likeness (QED) is 0.813. The maximum atomic E-state index is 13.1. The third kappa shape index (κ3) is 3.64. The monoisotopic (exact) mass is 357 g/mol. The summed E-state index contributed by atoms with van der Waals surface area (Å²) in [6.07, 6.45) is 1.80. The van der Waals surface area contributed by atoms with Crippen LogP contribution in [0.4, 0.5) is 15.9 Å². The van der Waals surface area contributed by atoms with Crippen LogP contribution in [0.5, 0.6) is 0 Å². The van der Waals surface area contributed by atoms with Gasteiger partial charge in [0.25, 0.3) is 0 Å². The molecule has 2 aliphatic rings. The van der Waals surface area contributed by atoms with E-state index >= 15 is 0 Å². The van der Waals surface area contributed by atoms with Gasteiger partial charge in [0.15, 0.2) is 5.82 Å². The molecule has 26 heavy (non-hydrogen) atoms. The number of hydrogen-bond donors (Lipinski definition) is 0. The topological polar surface area (TPSA) is 44.7 Å². The molecule has 0 spiro atoms. The maximum Gasteiger partial charge on any atom is 0.156 e. The van der Waals surface area contributed by atoms with Gasteiger partial charge in [0.1, 0.15) is 18.2 Å². The zero-order valence-electron chi connectivity index (χ0n) is 15.0. The van der Waals surface area contributed by atoms with Crippen LogP contribution in [-0.4, -0.2) is 67.3 Å². The maximum absolute atomic E-state index is 13.1. The fourth-order valence-corrected chi connectivity index (χ4v) is 3.63. The average molecular weight is 357 g/mol. The van der Waals surface area contributed by atoms with Crippen molar-refractivity contribution < 1.29 is 9.13 Å². The Balaban J connectivity index is 1.28. The lowest BCUT2D eigenvalue weighted by molar-refractivity contribution is 0.156. The Morgan fingerprint density at radius 1 is 1.04 bits per heavy atom. The summed E-state index contributed by atoms with van der Waals surface area (Å²) in [5, 5.41) is 0. The van der Waals surface area contributed by atoms with Crippen molar-refractivity contribution in [2.24, 2.45) is 0 Å². The Labute approximate surface area is 153 Å². The van der Waals surface area contributed by atoms with E-state index in [-0.39, 0.29) is 5.82 Å². The van der Waals surface area contributed by atoms with Crippen molar-refractivity contribution in [2.45, 2.75) is 12.6 Å². The van der Waals surface area contributed by atoms with Crippen LogP contribution in [0.15, 0.2) is 36.5 Å². The van der Waals surface area contributed by atoms with Gasteiger partial charge in [-0.15, -0.1) is 0 Å². The molecule has 1 aromatic carbocycles. The van der Waals surface area contributed by atoms with Crippen molar-refractivity contribution in [3.8, 4) is 0 Å². The number of methoxy groups -OCH3 is 1. The lowest BCUT2D eigenvalue weighted by Crippen LogP contribution is -2.63. The van der Waals surface area contributed by atoms with Crippen molar-refractivity contribution in [2.75, 3.05) is 56.2 Å². The minimum absolute atomic E-state index is 0.180. The number of benzene rings is 1. The van der Waals surface area contributed by atoms with Crippen molar-refractivity contribution >= 4 is 11.5 Å². The van der Waals surface area contributed by atoms with Crippen molar-refractivity contribution in [1.29, 1.82) is 0 Å². The van der Waals surface area contributed by atoms with E-state index in [0.717, 1.165) is 56.6 Å². The van der Waals surface area contributed by atoms with Gasteiger partial charge in [0, 0.05) is 64.3 Å². The highest BCUT2D eigenvalue weighted by atomic mass is 19.1. The van der Waals surface area contributed by atoms with Crippen LogP contribution >= 0.6 is 0 Å². The average Bonchev–Trinajstić information content (AvgIpc) is 2.63. The lowest BCUT2D eigenvalue weighted by atomic mass is 10.1. The summed E-state index contributed by atoms with van der Waals surface area (Å²) in [4.78, 5) is 15.9. The second kappa shape index (κ2) is 7.55. The number of hydrogen-bond acceptors (Lipinski definition) is 6. The zero-order chi connectivity index (χ0) is 17.9. The molecule has 0 unspecified atom stereocenters. The molecule has 0 radical (unpaired) electrons. The van der Waals surface area contributed by atoms with E-state index in [9.17, 15) is 4.39 Å². The van der Waals surface area contributed by atoms with Crippen LogP contribution in [0.1, 0.15) is 5.82 Å². The third-order valence-corrected chi connectivity index (χ3v) is 5.17. The number of anilines is 2. The molecule has 0 aliphatic carbocycles. The first-order chi connectivity index (χ1) is 12.7. The molecule has 2 saturated heterocycles. The number of ether oxygens (including phenoxy) is 1. The summed E-state index contributed by atoms with van der Waals surface area (Å²) in [5.74, 6) is 1.52. The van der Waals surface area contributed by atoms with Gasteiger partial charge in [0.05, 0.1) is 0 Å². The van der Waals surface area contributed by atoms with Gasteiger partial charge < -0.3 is 14.5 Å². The van der Waals surface area contributed by atoms with E-state index in [1.807, 2.05) is 18.2 Å². The standard InChI is InChI=1S/C19H24FN5O/c1-26-14-18-21-7-6-19(22-18)25-12-17(13-25)24-10-8-23(9-11-24)16-4-2-15(20)3-5-16/h2-7,17H,8-14H2,1H3. The summed E-state index contributed by atoms with van der Waals surface area (Å²) < 4.78 is 18.2. The van der Waals surface area contributed by atoms with Crippen LogP contribution in [0, 0.1) is 5.82 Å². The van der Waals surface area contributed by atoms with E-state index in [0.29, 0.717) is 12.6 Å². The van der Waals surface area contributed by atoms with Gasteiger partial charge in [0.2, 0.25) is 0 Å². The van der Waals surface area contributed by atoms with Gasteiger partial charge in [-0.3, -0.25) is 4.90 Å². The largest absolute Gasteiger partial charge is 0.377 e. The second-order valence-electron chi connectivity index (χ2n) is 6.82.